The van der Waals surface area contributed by atoms with Gasteiger partial charge in [0.2, 0.25) is 0 Å². The van der Waals surface area contributed by atoms with E-state index in [1.807, 2.05) is 29.1 Å². The predicted octanol–water partition coefficient (Wildman–Crippen LogP) is 2.64. The topological polar surface area (TPSA) is 72.5 Å². The molecule has 2 fully saturated rings. The standard InChI is InChI=1S/C19H26N4O3.ClH/c24-19(18-7-9-23(21-18)15-4-1-8-20-12-15)22(13-16-5-2-10-25-16)14-17-6-3-11-26-17;/h2,5,7,9-10,15,17,20H,1,3-4,6,8,11-14H2;1H. The van der Waals surface area contributed by atoms with E-state index in [4.69, 9.17) is 9.15 Å². The van der Waals surface area contributed by atoms with Gasteiger partial charge in [0, 0.05) is 25.9 Å². The van der Waals surface area contributed by atoms with Crippen LogP contribution < -0.4 is 5.32 Å². The molecule has 0 aromatic carbocycles. The summed E-state index contributed by atoms with van der Waals surface area (Å²) in [4.78, 5) is 14.9. The number of nitrogens with one attached hydrogen (secondary N) is 1. The number of halogens is 1. The van der Waals surface area contributed by atoms with E-state index in [9.17, 15) is 4.79 Å². The van der Waals surface area contributed by atoms with Crippen molar-refractivity contribution in [2.45, 2.75) is 44.4 Å². The van der Waals surface area contributed by atoms with E-state index >= 15 is 0 Å². The maximum absolute atomic E-state index is 13.1. The summed E-state index contributed by atoms with van der Waals surface area (Å²) < 4.78 is 13.1. The Kier molecular flexibility index (Phi) is 6.93. The van der Waals surface area contributed by atoms with Gasteiger partial charge in [0.1, 0.15) is 11.5 Å². The fourth-order valence-electron chi connectivity index (χ4n) is 3.72. The molecule has 8 heteroatoms. The van der Waals surface area contributed by atoms with E-state index in [0.717, 1.165) is 51.1 Å². The summed E-state index contributed by atoms with van der Waals surface area (Å²) in [6.07, 6.45) is 7.92. The molecule has 4 rings (SSSR count). The maximum atomic E-state index is 13.1. The largest absolute Gasteiger partial charge is 0.467 e. The van der Waals surface area contributed by atoms with Crippen molar-refractivity contribution in [2.24, 2.45) is 0 Å². The minimum absolute atomic E-state index is 0. The second-order valence-electron chi connectivity index (χ2n) is 7.08. The Bertz CT molecular complexity index is 706. The molecule has 2 saturated heterocycles. The first-order valence-electron chi connectivity index (χ1n) is 9.49. The van der Waals surface area contributed by atoms with Crippen LogP contribution in [-0.4, -0.2) is 52.9 Å². The summed E-state index contributed by atoms with van der Waals surface area (Å²) in [5.74, 6) is 0.701. The second-order valence-corrected chi connectivity index (χ2v) is 7.08. The van der Waals surface area contributed by atoms with Gasteiger partial charge in [0.05, 0.1) is 25.0 Å². The molecule has 2 aromatic heterocycles. The number of nitrogens with zero attached hydrogens (tertiary/aromatic N) is 3. The first-order chi connectivity index (χ1) is 12.8. The van der Waals surface area contributed by atoms with Gasteiger partial charge >= 0.3 is 0 Å². The summed E-state index contributed by atoms with van der Waals surface area (Å²) >= 11 is 0. The van der Waals surface area contributed by atoms with Gasteiger partial charge in [0.15, 0.2) is 0 Å². The Labute approximate surface area is 165 Å². The van der Waals surface area contributed by atoms with Crippen LogP contribution in [0.5, 0.6) is 0 Å². The molecule has 148 valence electrons. The SMILES string of the molecule is Cl.O=C(c1ccn(C2CCCNC2)n1)N(Cc1ccco1)CC1CCCO1. The second kappa shape index (κ2) is 9.39. The fourth-order valence-corrected chi connectivity index (χ4v) is 3.72. The minimum atomic E-state index is -0.0700. The zero-order chi connectivity index (χ0) is 17.8. The lowest BCUT2D eigenvalue weighted by molar-refractivity contribution is 0.0486. The van der Waals surface area contributed by atoms with Crippen LogP contribution in [0.15, 0.2) is 35.1 Å². The van der Waals surface area contributed by atoms with Gasteiger partial charge in [-0.15, -0.1) is 12.4 Å². The van der Waals surface area contributed by atoms with Crippen molar-refractivity contribution < 1.29 is 13.9 Å². The Hall–Kier alpha value is -1.83. The van der Waals surface area contributed by atoms with Crippen molar-refractivity contribution in [1.29, 1.82) is 0 Å². The van der Waals surface area contributed by atoms with Gasteiger partial charge in [-0.05, 0) is 50.4 Å². The lowest BCUT2D eigenvalue weighted by Crippen LogP contribution is -2.37. The number of hydrogen-bond acceptors (Lipinski definition) is 5. The van der Waals surface area contributed by atoms with Crippen LogP contribution in [0.4, 0.5) is 0 Å². The molecule has 2 aromatic rings. The highest BCUT2D eigenvalue weighted by Crippen LogP contribution is 2.19. The predicted molar refractivity (Wildman–Crippen MR) is 103 cm³/mol. The first kappa shape index (κ1) is 19.9. The average Bonchev–Trinajstić information content (AvgIpc) is 3.44. The molecule has 2 atom stereocenters. The Morgan fingerprint density at radius 3 is 2.96 bits per heavy atom. The molecule has 2 aliphatic rings. The van der Waals surface area contributed by atoms with Gasteiger partial charge in [0.25, 0.3) is 5.91 Å². The van der Waals surface area contributed by atoms with E-state index in [1.165, 1.54) is 0 Å². The van der Waals surface area contributed by atoms with E-state index in [1.54, 1.807) is 11.2 Å². The number of ether oxygens (including phenoxy) is 1. The van der Waals surface area contributed by atoms with Crippen molar-refractivity contribution in [3.63, 3.8) is 0 Å². The third-order valence-electron chi connectivity index (χ3n) is 5.13. The number of amides is 1. The van der Waals surface area contributed by atoms with Gasteiger partial charge in [-0.25, -0.2) is 0 Å². The molecule has 2 unspecified atom stereocenters. The van der Waals surface area contributed by atoms with E-state index in [-0.39, 0.29) is 24.4 Å². The molecule has 27 heavy (non-hydrogen) atoms. The van der Waals surface area contributed by atoms with Crippen LogP contribution in [0, 0.1) is 0 Å². The van der Waals surface area contributed by atoms with E-state index in [0.29, 0.717) is 24.8 Å². The molecule has 0 saturated carbocycles. The van der Waals surface area contributed by atoms with Crippen LogP contribution in [0.25, 0.3) is 0 Å². The number of carbonyl (C=O) groups excluding carboxylic acids is 1. The average molecular weight is 395 g/mol. The van der Waals surface area contributed by atoms with Crippen LogP contribution >= 0.6 is 12.4 Å². The quantitative estimate of drug-likeness (QED) is 0.815. The number of aromatic nitrogens is 2. The zero-order valence-electron chi connectivity index (χ0n) is 15.4. The van der Waals surface area contributed by atoms with Crippen molar-refractivity contribution in [2.75, 3.05) is 26.2 Å². The first-order valence-corrected chi connectivity index (χ1v) is 9.49. The van der Waals surface area contributed by atoms with E-state index < -0.39 is 0 Å². The molecule has 0 aliphatic carbocycles. The number of piperidine rings is 1. The van der Waals surface area contributed by atoms with Crippen LogP contribution in [0.1, 0.15) is 48.0 Å². The number of furan rings is 1. The van der Waals surface area contributed by atoms with Crippen molar-refractivity contribution in [3.8, 4) is 0 Å². The Morgan fingerprint density at radius 1 is 1.33 bits per heavy atom. The third kappa shape index (κ3) is 4.91. The van der Waals surface area contributed by atoms with Crippen molar-refractivity contribution in [1.82, 2.24) is 20.0 Å². The summed E-state index contributed by atoms with van der Waals surface area (Å²) in [7, 11) is 0. The highest BCUT2D eigenvalue weighted by molar-refractivity contribution is 5.92. The third-order valence-corrected chi connectivity index (χ3v) is 5.13. The van der Waals surface area contributed by atoms with Gasteiger partial charge < -0.3 is 19.4 Å². The Balaban J connectivity index is 0.00000210. The number of rotatable bonds is 6. The Morgan fingerprint density at radius 2 is 2.26 bits per heavy atom. The van der Waals surface area contributed by atoms with Crippen molar-refractivity contribution >= 4 is 18.3 Å². The van der Waals surface area contributed by atoms with Gasteiger partial charge in [-0.2, -0.15) is 5.10 Å². The molecule has 0 radical (unpaired) electrons. The van der Waals surface area contributed by atoms with Crippen LogP contribution in [0.3, 0.4) is 0 Å². The van der Waals surface area contributed by atoms with Crippen molar-refractivity contribution in [3.05, 3.63) is 42.1 Å². The highest BCUT2D eigenvalue weighted by atomic mass is 35.5. The van der Waals surface area contributed by atoms with Crippen LogP contribution in [-0.2, 0) is 11.3 Å². The highest BCUT2D eigenvalue weighted by Gasteiger charge is 2.26. The van der Waals surface area contributed by atoms with Gasteiger partial charge in [-0.1, -0.05) is 0 Å². The van der Waals surface area contributed by atoms with E-state index in [2.05, 4.69) is 10.4 Å². The molecule has 4 heterocycles. The summed E-state index contributed by atoms with van der Waals surface area (Å²) in [5, 5.41) is 7.96. The normalized spacial score (nSPS) is 22.4. The maximum Gasteiger partial charge on any atom is 0.274 e. The molecule has 7 nitrogen and oxygen atoms in total. The molecular formula is C19H27ClN4O3. The molecular weight excluding hydrogens is 368 g/mol. The molecule has 0 spiro atoms. The molecule has 1 amide bonds. The monoisotopic (exact) mass is 394 g/mol. The molecule has 0 bridgehead atoms. The number of hydrogen-bond donors (Lipinski definition) is 1. The summed E-state index contributed by atoms with van der Waals surface area (Å²) in [6.45, 7) is 3.74. The van der Waals surface area contributed by atoms with Gasteiger partial charge in [-0.3, -0.25) is 9.48 Å². The smallest absolute Gasteiger partial charge is 0.274 e. The summed E-state index contributed by atoms with van der Waals surface area (Å²) in [6, 6.07) is 5.88. The lowest BCUT2D eigenvalue weighted by Gasteiger charge is -2.24. The zero-order valence-corrected chi connectivity index (χ0v) is 16.2. The molecule has 2 aliphatic heterocycles. The summed E-state index contributed by atoms with van der Waals surface area (Å²) in [5.41, 5.74) is 0.486. The minimum Gasteiger partial charge on any atom is -0.467 e. The fraction of sp³-hybridized carbons (Fsp3) is 0.579. The lowest BCUT2D eigenvalue weighted by atomic mass is 10.1. The molecule has 1 N–H and O–H groups in total. The van der Waals surface area contributed by atoms with Crippen LogP contribution in [0.2, 0.25) is 0 Å². The number of carbonyl (C=O) groups is 1.